The number of nitrogens with one attached hydrogen (secondary N) is 1. The predicted octanol–water partition coefficient (Wildman–Crippen LogP) is 1.61. The van der Waals surface area contributed by atoms with Gasteiger partial charge >= 0.3 is 0 Å². The van der Waals surface area contributed by atoms with E-state index in [9.17, 15) is 4.79 Å². The fourth-order valence-electron chi connectivity index (χ4n) is 2.66. The van der Waals surface area contributed by atoms with Gasteiger partial charge in [0.1, 0.15) is 6.17 Å². The van der Waals surface area contributed by atoms with Crippen LogP contribution in [0.3, 0.4) is 0 Å². The zero-order valence-corrected chi connectivity index (χ0v) is 11.1. The van der Waals surface area contributed by atoms with Gasteiger partial charge in [0, 0.05) is 24.6 Å². The summed E-state index contributed by atoms with van der Waals surface area (Å²) in [5.41, 5.74) is 0. The zero-order chi connectivity index (χ0) is 12.4. The third-order valence-corrected chi connectivity index (χ3v) is 4.61. The van der Waals surface area contributed by atoms with Gasteiger partial charge in [0.2, 0.25) is 5.91 Å². The summed E-state index contributed by atoms with van der Waals surface area (Å²) in [5, 5.41) is 5.37. The van der Waals surface area contributed by atoms with Gasteiger partial charge in [-0.15, -0.1) is 11.3 Å². The van der Waals surface area contributed by atoms with Gasteiger partial charge in [0.15, 0.2) is 0 Å². The summed E-state index contributed by atoms with van der Waals surface area (Å²) in [7, 11) is 0. The fourth-order valence-corrected chi connectivity index (χ4v) is 3.47. The Balaban J connectivity index is 1.69. The van der Waals surface area contributed by atoms with Crippen molar-refractivity contribution in [1.29, 1.82) is 0 Å². The van der Waals surface area contributed by atoms with Crippen LogP contribution in [0.1, 0.15) is 23.9 Å². The minimum Gasteiger partial charge on any atom is -0.381 e. The lowest BCUT2D eigenvalue weighted by Crippen LogP contribution is -2.36. The van der Waals surface area contributed by atoms with Crippen LogP contribution in [0, 0.1) is 5.92 Å². The Morgan fingerprint density at radius 1 is 1.44 bits per heavy atom. The highest BCUT2D eigenvalue weighted by Crippen LogP contribution is 2.28. The molecule has 1 aromatic rings. The van der Waals surface area contributed by atoms with Gasteiger partial charge in [-0.05, 0) is 30.2 Å². The van der Waals surface area contributed by atoms with E-state index in [1.165, 1.54) is 4.88 Å². The van der Waals surface area contributed by atoms with Crippen molar-refractivity contribution < 1.29 is 9.53 Å². The van der Waals surface area contributed by atoms with Gasteiger partial charge in [-0.3, -0.25) is 10.1 Å². The first-order chi connectivity index (χ1) is 8.84. The summed E-state index contributed by atoms with van der Waals surface area (Å²) < 4.78 is 5.37. The smallest absolute Gasteiger partial charge is 0.238 e. The molecule has 0 radical (unpaired) electrons. The molecule has 1 aromatic heterocycles. The quantitative estimate of drug-likeness (QED) is 0.903. The lowest BCUT2D eigenvalue weighted by molar-refractivity contribution is -0.129. The van der Waals surface area contributed by atoms with E-state index in [0.29, 0.717) is 12.5 Å². The Morgan fingerprint density at radius 2 is 2.28 bits per heavy atom. The van der Waals surface area contributed by atoms with E-state index in [1.54, 1.807) is 11.3 Å². The molecule has 2 aliphatic rings. The topological polar surface area (TPSA) is 41.6 Å². The van der Waals surface area contributed by atoms with Crippen molar-refractivity contribution in [2.24, 2.45) is 5.92 Å². The second kappa shape index (κ2) is 5.38. The van der Waals surface area contributed by atoms with E-state index in [1.807, 2.05) is 11.0 Å². The lowest BCUT2D eigenvalue weighted by Gasteiger charge is -2.30. The summed E-state index contributed by atoms with van der Waals surface area (Å²) in [4.78, 5) is 15.2. The van der Waals surface area contributed by atoms with Crippen LogP contribution >= 0.6 is 11.3 Å². The summed E-state index contributed by atoms with van der Waals surface area (Å²) in [6, 6.07) is 4.13. The average molecular weight is 266 g/mol. The third kappa shape index (κ3) is 2.43. The zero-order valence-electron chi connectivity index (χ0n) is 10.3. The Hall–Kier alpha value is -0.910. The molecule has 0 aliphatic carbocycles. The number of amides is 1. The minimum absolute atomic E-state index is 0.0837. The summed E-state index contributed by atoms with van der Waals surface area (Å²) >= 11 is 1.71. The summed E-state index contributed by atoms with van der Waals surface area (Å²) in [6.45, 7) is 3.00. The summed E-state index contributed by atoms with van der Waals surface area (Å²) in [6.07, 6.45) is 2.22. The van der Waals surface area contributed by atoms with E-state index >= 15 is 0 Å². The molecule has 4 nitrogen and oxygen atoms in total. The van der Waals surface area contributed by atoms with Crippen LogP contribution < -0.4 is 5.32 Å². The highest BCUT2D eigenvalue weighted by molar-refractivity contribution is 7.10. The monoisotopic (exact) mass is 266 g/mol. The maximum absolute atomic E-state index is 12.0. The Bertz CT molecular complexity index is 401. The molecule has 1 unspecified atom stereocenters. The van der Waals surface area contributed by atoms with Crippen LogP contribution in [0.25, 0.3) is 0 Å². The molecule has 2 fully saturated rings. The van der Waals surface area contributed by atoms with Crippen molar-refractivity contribution in [2.75, 3.05) is 26.3 Å². The molecule has 2 saturated heterocycles. The van der Waals surface area contributed by atoms with E-state index in [-0.39, 0.29) is 12.1 Å². The van der Waals surface area contributed by atoms with Gasteiger partial charge in [-0.25, -0.2) is 0 Å². The van der Waals surface area contributed by atoms with Crippen molar-refractivity contribution in [3.63, 3.8) is 0 Å². The van der Waals surface area contributed by atoms with Crippen LogP contribution in [0.15, 0.2) is 17.5 Å². The predicted molar refractivity (Wildman–Crippen MR) is 70.3 cm³/mol. The highest BCUT2D eigenvalue weighted by Gasteiger charge is 2.33. The van der Waals surface area contributed by atoms with Gasteiger partial charge in [0.25, 0.3) is 0 Å². The number of rotatable bonds is 3. The van der Waals surface area contributed by atoms with Crippen LogP contribution in [-0.2, 0) is 9.53 Å². The molecule has 98 valence electrons. The first-order valence-electron chi connectivity index (χ1n) is 6.48. The largest absolute Gasteiger partial charge is 0.381 e. The number of thiophene rings is 1. The maximum atomic E-state index is 12.0. The molecule has 18 heavy (non-hydrogen) atoms. The van der Waals surface area contributed by atoms with Crippen LogP contribution in [0.2, 0.25) is 0 Å². The molecule has 0 saturated carbocycles. The lowest BCUT2D eigenvalue weighted by atomic mass is 9.99. The standard InChI is InChI=1S/C13H18N2O2S/c16-12-8-14-13(11-2-1-7-18-11)15(12)9-10-3-5-17-6-4-10/h1-2,7,10,13-14H,3-6,8-9H2. The molecular weight excluding hydrogens is 248 g/mol. The number of carbonyl (C=O) groups excluding carboxylic acids is 1. The number of ether oxygens (including phenoxy) is 1. The number of carbonyl (C=O) groups is 1. The summed E-state index contributed by atoms with van der Waals surface area (Å²) in [5.74, 6) is 0.810. The third-order valence-electron chi connectivity index (χ3n) is 3.69. The van der Waals surface area contributed by atoms with Crippen molar-refractivity contribution in [3.8, 4) is 0 Å². The van der Waals surface area contributed by atoms with Crippen LogP contribution in [0.5, 0.6) is 0 Å². The van der Waals surface area contributed by atoms with E-state index in [0.717, 1.165) is 32.6 Å². The molecule has 2 aliphatic heterocycles. The van der Waals surface area contributed by atoms with Crippen molar-refractivity contribution in [1.82, 2.24) is 10.2 Å². The first kappa shape index (κ1) is 12.1. The van der Waals surface area contributed by atoms with Gasteiger partial charge < -0.3 is 9.64 Å². The first-order valence-corrected chi connectivity index (χ1v) is 7.36. The molecular formula is C13H18N2O2S. The van der Waals surface area contributed by atoms with Crippen LogP contribution in [-0.4, -0.2) is 37.1 Å². The second-order valence-electron chi connectivity index (χ2n) is 4.90. The van der Waals surface area contributed by atoms with Gasteiger partial charge in [-0.1, -0.05) is 6.07 Å². The molecule has 1 N–H and O–H groups in total. The molecule has 5 heteroatoms. The van der Waals surface area contributed by atoms with E-state index in [2.05, 4.69) is 16.8 Å². The molecule has 1 atom stereocenters. The molecule has 0 aromatic carbocycles. The van der Waals surface area contributed by atoms with Crippen molar-refractivity contribution >= 4 is 17.2 Å². The number of hydrogen-bond donors (Lipinski definition) is 1. The van der Waals surface area contributed by atoms with Gasteiger partial charge in [-0.2, -0.15) is 0 Å². The molecule has 3 heterocycles. The van der Waals surface area contributed by atoms with E-state index in [4.69, 9.17) is 4.74 Å². The van der Waals surface area contributed by atoms with Crippen LogP contribution in [0.4, 0.5) is 0 Å². The van der Waals surface area contributed by atoms with Crippen molar-refractivity contribution in [2.45, 2.75) is 19.0 Å². The number of nitrogens with zero attached hydrogens (tertiary/aromatic N) is 1. The molecule has 0 spiro atoms. The molecule has 3 rings (SSSR count). The van der Waals surface area contributed by atoms with Crippen molar-refractivity contribution in [3.05, 3.63) is 22.4 Å². The number of hydrogen-bond acceptors (Lipinski definition) is 4. The van der Waals surface area contributed by atoms with Gasteiger partial charge in [0.05, 0.1) is 6.54 Å². The Morgan fingerprint density at radius 3 is 3.00 bits per heavy atom. The average Bonchev–Trinajstić information content (AvgIpc) is 3.02. The minimum atomic E-state index is 0.0837. The maximum Gasteiger partial charge on any atom is 0.238 e. The molecule has 1 amide bonds. The second-order valence-corrected chi connectivity index (χ2v) is 5.88. The van der Waals surface area contributed by atoms with E-state index < -0.39 is 0 Å². The SMILES string of the molecule is O=C1CNC(c2cccs2)N1CC1CCOCC1. The molecule has 0 bridgehead atoms. The Labute approximate surface area is 111 Å². The Kier molecular flexibility index (Phi) is 3.63. The highest BCUT2D eigenvalue weighted by atomic mass is 32.1. The fraction of sp³-hybridized carbons (Fsp3) is 0.615. The normalized spacial score (nSPS) is 25.9.